The molecule has 182 valence electrons. The quantitative estimate of drug-likeness (QED) is 0.368. The van der Waals surface area contributed by atoms with E-state index in [2.05, 4.69) is 16.7 Å². The molecule has 1 aromatic rings. The van der Waals surface area contributed by atoms with Crippen molar-refractivity contribution in [1.29, 1.82) is 0 Å². The highest BCUT2D eigenvalue weighted by Crippen LogP contribution is 2.23. The van der Waals surface area contributed by atoms with Crippen LogP contribution in [-0.4, -0.2) is 52.2 Å². The highest BCUT2D eigenvalue weighted by molar-refractivity contribution is 5.93. The second-order valence-electron chi connectivity index (χ2n) is 8.91. The molecule has 0 saturated heterocycles. The lowest BCUT2D eigenvalue weighted by Crippen LogP contribution is -2.53. The fourth-order valence-electron chi connectivity index (χ4n) is 3.25. The Morgan fingerprint density at radius 2 is 1.76 bits per heavy atom. The molecule has 0 bridgehead atoms. The lowest BCUT2D eigenvalue weighted by molar-refractivity contribution is -0.139. The topological polar surface area (TPSA) is 108 Å². The van der Waals surface area contributed by atoms with Crippen molar-refractivity contribution in [2.75, 3.05) is 6.61 Å². The fraction of sp³-hybridized carbons (Fsp3) is 0.560. The average molecular weight is 460 g/mol. The predicted molar refractivity (Wildman–Crippen MR) is 127 cm³/mol. The molecule has 3 N–H and O–H groups in total. The van der Waals surface area contributed by atoms with Gasteiger partial charge in [0.1, 0.15) is 17.7 Å². The molecule has 33 heavy (non-hydrogen) atoms. The fourth-order valence-corrected chi connectivity index (χ4v) is 3.25. The van der Waals surface area contributed by atoms with Gasteiger partial charge in [0, 0.05) is 12.1 Å². The number of nitrogens with one attached hydrogen (secondary N) is 2. The number of terminal acetylenes is 1. The number of carbonyl (C=O) groups excluding carboxylic acids is 3. The molecule has 8 heteroatoms. The van der Waals surface area contributed by atoms with Gasteiger partial charge in [0.25, 0.3) is 5.91 Å². The number of nitrogens with zero attached hydrogens (tertiary/aromatic N) is 1. The number of amides is 3. The Balaban J connectivity index is 3.27. The van der Waals surface area contributed by atoms with Crippen molar-refractivity contribution in [2.45, 2.75) is 84.5 Å². The lowest BCUT2D eigenvalue weighted by atomic mass is 10.0. The number of hydrogen-bond acceptors (Lipinski definition) is 5. The van der Waals surface area contributed by atoms with E-state index in [0.29, 0.717) is 5.56 Å². The molecule has 0 aliphatic heterocycles. The molecule has 8 nitrogen and oxygen atoms in total. The molecule has 1 rings (SSSR count). The summed E-state index contributed by atoms with van der Waals surface area (Å²) in [7, 11) is 0. The zero-order chi connectivity index (χ0) is 25.2. The summed E-state index contributed by atoms with van der Waals surface area (Å²) in [5.74, 6) is -1.24. The van der Waals surface area contributed by atoms with Crippen LogP contribution in [0.5, 0.6) is 0 Å². The van der Waals surface area contributed by atoms with Crippen LogP contribution in [-0.2, 0) is 20.7 Å². The molecular formula is C25H37N3O5. The van der Waals surface area contributed by atoms with Crippen molar-refractivity contribution in [3.05, 3.63) is 35.4 Å². The van der Waals surface area contributed by atoms with Gasteiger partial charge in [0.2, 0.25) is 5.91 Å². The summed E-state index contributed by atoms with van der Waals surface area (Å²) in [6, 6.07) is 6.87. The molecule has 3 atom stereocenters. The van der Waals surface area contributed by atoms with Crippen LogP contribution >= 0.6 is 0 Å². The van der Waals surface area contributed by atoms with Gasteiger partial charge in [-0.25, -0.2) is 4.79 Å². The molecule has 0 aliphatic rings. The monoisotopic (exact) mass is 459 g/mol. The standard InChI is InChI=1S/C25H37N3O5/c1-8-11-17(4)26-22(30)21(19-14-12-18(9-2)13-15-19)28(10-3)23(31)20(16-29)27-24(32)33-25(5,6)7/h3,12-15,17,20-21,29H,8-9,11,16H2,1-2,4-7H3,(H,26,30)(H,27,32). The average Bonchev–Trinajstić information content (AvgIpc) is 2.74. The SMILES string of the molecule is C#CN(C(=O)C(CO)NC(=O)OC(C)(C)C)C(C(=O)NC(C)CCC)c1ccc(CC)cc1. The molecule has 0 spiro atoms. The van der Waals surface area contributed by atoms with Gasteiger partial charge in [0.05, 0.1) is 6.61 Å². The summed E-state index contributed by atoms with van der Waals surface area (Å²) in [6.07, 6.45) is 7.24. The Kier molecular flexibility index (Phi) is 10.9. The number of carbonyl (C=O) groups is 3. The van der Waals surface area contributed by atoms with Crippen LogP contribution in [0.25, 0.3) is 0 Å². The van der Waals surface area contributed by atoms with Crippen LogP contribution in [0.1, 0.15) is 71.6 Å². The van der Waals surface area contributed by atoms with Gasteiger partial charge in [-0.3, -0.25) is 14.5 Å². The van der Waals surface area contributed by atoms with E-state index < -0.39 is 42.2 Å². The van der Waals surface area contributed by atoms with Crippen LogP contribution < -0.4 is 10.6 Å². The normalized spacial score (nSPS) is 13.8. The van der Waals surface area contributed by atoms with Gasteiger partial charge in [0.15, 0.2) is 0 Å². The van der Waals surface area contributed by atoms with Crippen LogP contribution in [0, 0.1) is 12.5 Å². The van der Waals surface area contributed by atoms with Gasteiger partial charge < -0.3 is 20.5 Å². The van der Waals surface area contributed by atoms with Gasteiger partial charge >= 0.3 is 6.09 Å². The number of rotatable bonds is 10. The van der Waals surface area contributed by atoms with E-state index in [4.69, 9.17) is 11.2 Å². The van der Waals surface area contributed by atoms with Gasteiger partial charge in [-0.15, -0.1) is 0 Å². The van der Waals surface area contributed by atoms with E-state index in [-0.39, 0.29) is 6.04 Å². The summed E-state index contributed by atoms with van der Waals surface area (Å²) < 4.78 is 5.17. The second kappa shape index (κ2) is 12.9. The Bertz CT molecular complexity index is 839. The lowest BCUT2D eigenvalue weighted by Gasteiger charge is -2.30. The number of aryl methyl sites for hydroxylation is 1. The third-order valence-corrected chi connectivity index (χ3v) is 4.87. The Hall–Kier alpha value is -3.05. The van der Waals surface area contributed by atoms with E-state index in [1.54, 1.807) is 32.9 Å². The minimum atomic E-state index is -1.38. The number of aliphatic hydroxyl groups is 1. The maximum atomic E-state index is 13.2. The first-order valence-electron chi connectivity index (χ1n) is 11.3. The third-order valence-electron chi connectivity index (χ3n) is 4.87. The smallest absolute Gasteiger partial charge is 0.408 e. The molecule has 3 unspecified atom stereocenters. The first-order valence-corrected chi connectivity index (χ1v) is 11.3. The number of benzene rings is 1. The molecule has 0 aliphatic carbocycles. The first-order chi connectivity index (χ1) is 15.5. The second-order valence-corrected chi connectivity index (χ2v) is 8.91. The largest absolute Gasteiger partial charge is 0.444 e. The minimum absolute atomic E-state index is 0.122. The molecule has 0 fully saturated rings. The summed E-state index contributed by atoms with van der Waals surface area (Å²) in [5, 5.41) is 15.0. The Morgan fingerprint density at radius 3 is 2.21 bits per heavy atom. The molecule has 1 aromatic carbocycles. The van der Waals surface area contributed by atoms with Crippen LogP contribution in [0.15, 0.2) is 24.3 Å². The number of ether oxygens (including phenoxy) is 1. The summed E-state index contributed by atoms with van der Waals surface area (Å²) in [6.45, 7) is 10.2. The number of hydrogen-bond donors (Lipinski definition) is 3. The zero-order valence-electron chi connectivity index (χ0n) is 20.5. The van der Waals surface area contributed by atoms with E-state index in [1.165, 1.54) is 0 Å². The van der Waals surface area contributed by atoms with Crippen molar-refractivity contribution in [1.82, 2.24) is 15.5 Å². The van der Waals surface area contributed by atoms with Gasteiger partial charge in [-0.05, 0) is 51.7 Å². The molecule has 0 saturated carbocycles. The Morgan fingerprint density at radius 1 is 1.15 bits per heavy atom. The molecular weight excluding hydrogens is 422 g/mol. The van der Waals surface area contributed by atoms with Crippen molar-refractivity contribution in [2.24, 2.45) is 0 Å². The van der Waals surface area contributed by atoms with Crippen LogP contribution in [0.4, 0.5) is 4.79 Å². The molecule has 0 radical (unpaired) electrons. The van der Waals surface area contributed by atoms with Crippen molar-refractivity contribution in [3.63, 3.8) is 0 Å². The van der Waals surface area contributed by atoms with E-state index in [1.807, 2.05) is 32.9 Å². The molecule has 0 heterocycles. The molecule has 3 amide bonds. The number of aliphatic hydroxyl groups excluding tert-OH is 1. The predicted octanol–water partition coefficient (Wildman–Crippen LogP) is 2.90. The van der Waals surface area contributed by atoms with E-state index in [0.717, 1.165) is 29.7 Å². The van der Waals surface area contributed by atoms with E-state index in [9.17, 15) is 19.5 Å². The maximum Gasteiger partial charge on any atom is 0.408 e. The van der Waals surface area contributed by atoms with E-state index >= 15 is 0 Å². The van der Waals surface area contributed by atoms with Crippen LogP contribution in [0.2, 0.25) is 0 Å². The number of alkyl carbamates (subject to hydrolysis) is 1. The summed E-state index contributed by atoms with van der Waals surface area (Å²) >= 11 is 0. The minimum Gasteiger partial charge on any atom is -0.444 e. The van der Waals surface area contributed by atoms with Crippen molar-refractivity contribution in [3.8, 4) is 12.5 Å². The van der Waals surface area contributed by atoms with Gasteiger partial charge in [-0.1, -0.05) is 51.0 Å². The maximum absolute atomic E-state index is 13.2. The van der Waals surface area contributed by atoms with Crippen molar-refractivity contribution >= 4 is 17.9 Å². The summed E-state index contributed by atoms with van der Waals surface area (Å²) in [4.78, 5) is 39.5. The third kappa shape index (κ3) is 8.78. The van der Waals surface area contributed by atoms with Crippen molar-refractivity contribution < 1.29 is 24.2 Å². The zero-order valence-corrected chi connectivity index (χ0v) is 20.5. The first kappa shape index (κ1) is 28.0. The summed E-state index contributed by atoms with van der Waals surface area (Å²) in [5.41, 5.74) is 0.793. The molecule has 0 aromatic heterocycles. The highest BCUT2D eigenvalue weighted by atomic mass is 16.6. The van der Waals surface area contributed by atoms with Gasteiger partial charge in [-0.2, -0.15) is 0 Å². The highest BCUT2D eigenvalue weighted by Gasteiger charge is 2.36. The van der Waals surface area contributed by atoms with Crippen LogP contribution in [0.3, 0.4) is 0 Å². The Labute approximate surface area is 197 Å².